The van der Waals surface area contributed by atoms with Gasteiger partial charge >= 0.3 is 0 Å². The first kappa shape index (κ1) is 21.0. The number of hydrogen-bond acceptors (Lipinski definition) is 3. The summed E-state index contributed by atoms with van der Waals surface area (Å²) in [6.07, 6.45) is 4.72. The largest absolute Gasteiger partial charge is 0.373 e. The molecule has 1 aliphatic carbocycles. The van der Waals surface area contributed by atoms with Crippen molar-refractivity contribution in [2.24, 2.45) is 10.9 Å². The maximum Gasteiger partial charge on any atom is 0.191 e. The van der Waals surface area contributed by atoms with Crippen molar-refractivity contribution in [1.29, 1.82) is 0 Å². The van der Waals surface area contributed by atoms with E-state index in [1.54, 1.807) is 0 Å². The minimum atomic E-state index is 0. The van der Waals surface area contributed by atoms with Crippen LogP contribution in [0.2, 0.25) is 0 Å². The van der Waals surface area contributed by atoms with Crippen LogP contribution in [0.25, 0.3) is 0 Å². The van der Waals surface area contributed by atoms with E-state index in [2.05, 4.69) is 48.2 Å². The van der Waals surface area contributed by atoms with Gasteiger partial charge < -0.3 is 15.4 Å². The van der Waals surface area contributed by atoms with E-state index in [0.29, 0.717) is 12.2 Å². The van der Waals surface area contributed by atoms with E-state index in [1.165, 1.54) is 19.3 Å². The molecule has 0 spiro atoms. The third kappa shape index (κ3) is 6.38. The zero-order valence-electron chi connectivity index (χ0n) is 15.4. The number of guanidine groups is 1. The Kier molecular flexibility index (Phi) is 8.58. The molecule has 2 fully saturated rings. The van der Waals surface area contributed by atoms with E-state index in [-0.39, 0.29) is 29.5 Å². The highest BCUT2D eigenvalue weighted by molar-refractivity contribution is 14.0. The molecule has 0 aromatic heterocycles. The Hall–Kier alpha value is -0.0800. The van der Waals surface area contributed by atoms with Crippen LogP contribution in [-0.2, 0) is 4.74 Å². The van der Waals surface area contributed by atoms with Crippen LogP contribution in [0.4, 0.5) is 0 Å². The Balaban J connectivity index is 0.00000264. The van der Waals surface area contributed by atoms with Gasteiger partial charge in [0.05, 0.1) is 12.2 Å². The fourth-order valence-corrected chi connectivity index (χ4v) is 3.24. The Morgan fingerprint density at radius 2 is 1.78 bits per heavy atom. The average molecular weight is 438 g/mol. The topological polar surface area (TPSA) is 48.9 Å². The van der Waals surface area contributed by atoms with Crippen molar-refractivity contribution in [1.82, 2.24) is 15.5 Å². The highest BCUT2D eigenvalue weighted by Gasteiger charge is 2.33. The molecule has 0 radical (unpaired) electrons. The van der Waals surface area contributed by atoms with Crippen molar-refractivity contribution in [3.63, 3.8) is 0 Å². The normalized spacial score (nSPS) is 27.1. The molecule has 0 amide bonds. The molecule has 2 aliphatic rings. The van der Waals surface area contributed by atoms with Crippen LogP contribution in [0.5, 0.6) is 0 Å². The van der Waals surface area contributed by atoms with Gasteiger partial charge in [0.25, 0.3) is 0 Å². The molecule has 5 nitrogen and oxygen atoms in total. The number of ether oxygens (including phenoxy) is 1. The van der Waals surface area contributed by atoms with Crippen molar-refractivity contribution in [3.05, 3.63) is 0 Å². The van der Waals surface area contributed by atoms with E-state index in [4.69, 9.17) is 4.74 Å². The molecule has 0 aromatic rings. The SMILES string of the molecule is CN=C(NCC1CCC1)NCC(C)(C)N1CC(C)OC(C)C1.I. The number of morpholine rings is 1. The van der Waals surface area contributed by atoms with Gasteiger partial charge in [-0.15, -0.1) is 24.0 Å². The van der Waals surface area contributed by atoms with Crippen molar-refractivity contribution in [2.75, 3.05) is 33.2 Å². The molecule has 1 heterocycles. The third-order valence-electron chi connectivity index (χ3n) is 4.97. The van der Waals surface area contributed by atoms with Gasteiger partial charge in [0.15, 0.2) is 5.96 Å². The molecule has 136 valence electrons. The summed E-state index contributed by atoms with van der Waals surface area (Å²) in [4.78, 5) is 6.87. The summed E-state index contributed by atoms with van der Waals surface area (Å²) in [7, 11) is 1.85. The number of aliphatic imine (C=N–C) groups is 1. The minimum Gasteiger partial charge on any atom is -0.373 e. The first-order valence-corrected chi connectivity index (χ1v) is 8.75. The fraction of sp³-hybridized carbons (Fsp3) is 0.941. The quantitative estimate of drug-likeness (QED) is 0.394. The number of rotatable bonds is 5. The van der Waals surface area contributed by atoms with Crippen molar-refractivity contribution < 1.29 is 4.74 Å². The van der Waals surface area contributed by atoms with Gasteiger partial charge in [-0.3, -0.25) is 9.89 Å². The number of nitrogens with one attached hydrogen (secondary N) is 2. The Bertz CT molecular complexity index is 375. The molecule has 2 rings (SSSR count). The lowest BCUT2D eigenvalue weighted by atomic mass is 9.85. The lowest BCUT2D eigenvalue weighted by molar-refractivity contribution is -0.0946. The van der Waals surface area contributed by atoms with E-state index in [0.717, 1.165) is 38.1 Å². The molecule has 0 aromatic carbocycles. The fourth-order valence-electron chi connectivity index (χ4n) is 3.24. The van der Waals surface area contributed by atoms with Gasteiger partial charge in [-0.05, 0) is 46.5 Å². The number of halogens is 1. The molecule has 2 atom stereocenters. The van der Waals surface area contributed by atoms with Crippen molar-refractivity contribution >= 4 is 29.9 Å². The summed E-state index contributed by atoms with van der Waals surface area (Å²) in [6.45, 7) is 12.8. The maximum atomic E-state index is 5.84. The lowest BCUT2D eigenvalue weighted by Crippen LogP contribution is -2.59. The first-order valence-electron chi connectivity index (χ1n) is 8.75. The van der Waals surface area contributed by atoms with Crippen LogP contribution in [-0.4, -0.2) is 61.8 Å². The van der Waals surface area contributed by atoms with Crippen LogP contribution < -0.4 is 10.6 Å². The van der Waals surface area contributed by atoms with Crippen molar-refractivity contribution in [2.45, 2.75) is 64.7 Å². The molecule has 6 heteroatoms. The Morgan fingerprint density at radius 3 is 2.26 bits per heavy atom. The lowest BCUT2D eigenvalue weighted by Gasteiger charge is -2.45. The van der Waals surface area contributed by atoms with Crippen molar-refractivity contribution in [3.8, 4) is 0 Å². The number of hydrogen-bond donors (Lipinski definition) is 2. The van der Waals surface area contributed by atoms with Crippen LogP contribution in [0.15, 0.2) is 4.99 Å². The smallest absolute Gasteiger partial charge is 0.191 e. The van der Waals surface area contributed by atoms with E-state index >= 15 is 0 Å². The zero-order valence-corrected chi connectivity index (χ0v) is 17.7. The first-order chi connectivity index (χ1) is 10.4. The molecule has 2 unspecified atom stereocenters. The third-order valence-corrected chi connectivity index (χ3v) is 4.97. The highest BCUT2D eigenvalue weighted by Crippen LogP contribution is 2.25. The van der Waals surface area contributed by atoms with E-state index < -0.39 is 0 Å². The second kappa shape index (κ2) is 9.42. The van der Waals surface area contributed by atoms with Gasteiger partial charge in [-0.2, -0.15) is 0 Å². The van der Waals surface area contributed by atoms with Crippen LogP contribution >= 0.6 is 24.0 Å². The Labute approximate surface area is 159 Å². The zero-order chi connectivity index (χ0) is 16.2. The Morgan fingerprint density at radius 1 is 1.17 bits per heavy atom. The summed E-state index contributed by atoms with van der Waals surface area (Å²) in [5.74, 6) is 1.77. The molecule has 1 saturated carbocycles. The molecule has 2 N–H and O–H groups in total. The molecule has 1 aliphatic heterocycles. The second-order valence-electron chi connectivity index (χ2n) is 7.58. The van der Waals surface area contributed by atoms with Gasteiger partial charge in [0, 0.05) is 38.8 Å². The summed E-state index contributed by atoms with van der Waals surface area (Å²) in [5.41, 5.74) is 0.0837. The highest BCUT2D eigenvalue weighted by atomic mass is 127. The predicted octanol–water partition coefficient (Wildman–Crippen LogP) is 2.46. The van der Waals surface area contributed by atoms with Gasteiger partial charge in [0.2, 0.25) is 0 Å². The maximum absolute atomic E-state index is 5.84. The van der Waals surface area contributed by atoms with Crippen LogP contribution in [0.1, 0.15) is 47.0 Å². The predicted molar refractivity (Wildman–Crippen MR) is 108 cm³/mol. The van der Waals surface area contributed by atoms with Gasteiger partial charge in [0.1, 0.15) is 0 Å². The summed E-state index contributed by atoms with van der Waals surface area (Å²) >= 11 is 0. The molecule has 1 saturated heterocycles. The standard InChI is InChI=1S/C17H34N4O.HI/c1-13-10-21(11-14(2)22-13)17(3,4)12-20-16(18-5)19-9-15-7-6-8-15;/h13-15H,6-12H2,1-5H3,(H2,18,19,20);1H. The van der Waals surface area contributed by atoms with E-state index in [1.807, 2.05) is 7.05 Å². The molecular weight excluding hydrogens is 403 g/mol. The average Bonchev–Trinajstić information content (AvgIpc) is 2.39. The minimum absolute atomic E-state index is 0. The van der Waals surface area contributed by atoms with Gasteiger partial charge in [-0.1, -0.05) is 6.42 Å². The molecule has 0 bridgehead atoms. The molecule has 23 heavy (non-hydrogen) atoms. The van der Waals surface area contributed by atoms with Gasteiger partial charge in [-0.25, -0.2) is 0 Å². The second-order valence-corrected chi connectivity index (χ2v) is 7.58. The number of nitrogens with zero attached hydrogens (tertiary/aromatic N) is 2. The summed E-state index contributed by atoms with van der Waals surface area (Å²) < 4.78 is 5.84. The van der Waals surface area contributed by atoms with Crippen LogP contribution in [0.3, 0.4) is 0 Å². The molecular formula is C17H35IN4O. The summed E-state index contributed by atoms with van der Waals surface area (Å²) in [6, 6.07) is 0. The van der Waals surface area contributed by atoms with E-state index in [9.17, 15) is 0 Å². The van der Waals surface area contributed by atoms with Crippen LogP contribution in [0, 0.1) is 5.92 Å². The monoisotopic (exact) mass is 438 g/mol. The summed E-state index contributed by atoms with van der Waals surface area (Å²) in [5, 5.41) is 6.96.